The van der Waals surface area contributed by atoms with Gasteiger partial charge in [0.15, 0.2) is 0 Å². The molecular weight excluding hydrogens is 320 g/mol. The van der Waals surface area contributed by atoms with Crippen molar-refractivity contribution in [2.75, 3.05) is 19.0 Å². The van der Waals surface area contributed by atoms with Crippen LogP contribution in [0.2, 0.25) is 0 Å². The normalized spacial score (nSPS) is 12.3. The molecule has 1 unspecified atom stereocenters. The number of halogens is 1. The fraction of sp³-hybridized carbons (Fsp3) is 0.267. The number of nitrogens with two attached hydrogens (primary N) is 1. The van der Waals surface area contributed by atoms with E-state index in [0.29, 0.717) is 6.54 Å². The SMILES string of the molecule is COC(CN)CC(=O)Nc1ccc(Br)c2ccccc12. The van der Waals surface area contributed by atoms with Gasteiger partial charge in [-0.2, -0.15) is 0 Å². The Hall–Kier alpha value is -1.43. The van der Waals surface area contributed by atoms with Crippen LogP contribution < -0.4 is 11.1 Å². The van der Waals surface area contributed by atoms with Crippen LogP contribution in [0.4, 0.5) is 5.69 Å². The first-order chi connectivity index (χ1) is 9.65. The monoisotopic (exact) mass is 336 g/mol. The van der Waals surface area contributed by atoms with E-state index in [2.05, 4.69) is 21.2 Å². The number of rotatable bonds is 5. The molecule has 0 aliphatic carbocycles. The zero-order valence-electron chi connectivity index (χ0n) is 11.2. The minimum Gasteiger partial charge on any atom is -0.380 e. The molecule has 2 rings (SSSR count). The molecule has 1 amide bonds. The Kier molecular flexibility index (Phi) is 5.11. The van der Waals surface area contributed by atoms with Gasteiger partial charge in [-0.3, -0.25) is 4.79 Å². The van der Waals surface area contributed by atoms with Gasteiger partial charge in [-0.05, 0) is 17.5 Å². The largest absolute Gasteiger partial charge is 0.380 e. The maximum Gasteiger partial charge on any atom is 0.227 e. The van der Waals surface area contributed by atoms with Crippen molar-refractivity contribution >= 4 is 38.3 Å². The average molecular weight is 337 g/mol. The van der Waals surface area contributed by atoms with Gasteiger partial charge in [0.2, 0.25) is 5.91 Å². The van der Waals surface area contributed by atoms with E-state index in [0.717, 1.165) is 20.9 Å². The third-order valence-corrected chi connectivity index (χ3v) is 3.85. The summed E-state index contributed by atoms with van der Waals surface area (Å²) in [5.74, 6) is -0.102. The Bertz CT molecular complexity index is 612. The molecule has 0 fully saturated rings. The molecule has 2 aromatic carbocycles. The number of fused-ring (bicyclic) bond motifs is 1. The summed E-state index contributed by atoms with van der Waals surface area (Å²) in [6, 6.07) is 11.7. The summed E-state index contributed by atoms with van der Waals surface area (Å²) in [6.07, 6.45) is -0.00563. The lowest BCUT2D eigenvalue weighted by atomic mass is 10.1. The number of methoxy groups -OCH3 is 1. The molecule has 106 valence electrons. The third-order valence-electron chi connectivity index (χ3n) is 3.15. The molecule has 0 aliphatic heterocycles. The molecule has 0 bridgehead atoms. The number of ether oxygens (including phenoxy) is 1. The lowest BCUT2D eigenvalue weighted by Crippen LogP contribution is -2.28. The van der Waals surface area contributed by atoms with Crippen molar-refractivity contribution in [2.24, 2.45) is 5.73 Å². The fourth-order valence-electron chi connectivity index (χ4n) is 2.04. The molecule has 0 saturated carbocycles. The topological polar surface area (TPSA) is 64.3 Å². The van der Waals surface area contributed by atoms with E-state index in [4.69, 9.17) is 10.5 Å². The van der Waals surface area contributed by atoms with E-state index >= 15 is 0 Å². The van der Waals surface area contributed by atoms with Gasteiger partial charge < -0.3 is 15.8 Å². The first-order valence-electron chi connectivity index (χ1n) is 6.35. The molecular formula is C15H17BrN2O2. The molecule has 0 saturated heterocycles. The highest BCUT2D eigenvalue weighted by Crippen LogP contribution is 2.30. The van der Waals surface area contributed by atoms with Gasteiger partial charge >= 0.3 is 0 Å². The second-order valence-electron chi connectivity index (χ2n) is 4.49. The summed E-state index contributed by atoms with van der Waals surface area (Å²) < 4.78 is 6.12. The van der Waals surface area contributed by atoms with Crippen molar-refractivity contribution in [1.29, 1.82) is 0 Å². The molecule has 5 heteroatoms. The number of benzene rings is 2. The Morgan fingerprint density at radius 3 is 2.65 bits per heavy atom. The zero-order chi connectivity index (χ0) is 14.5. The fourth-order valence-corrected chi connectivity index (χ4v) is 2.52. The predicted molar refractivity (Wildman–Crippen MR) is 84.7 cm³/mol. The van der Waals surface area contributed by atoms with Crippen LogP contribution >= 0.6 is 15.9 Å². The number of hydrogen-bond donors (Lipinski definition) is 2. The first kappa shape index (κ1) is 15.0. The van der Waals surface area contributed by atoms with Crippen molar-refractivity contribution in [3.63, 3.8) is 0 Å². The zero-order valence-corrected chi connectivity index (χ0v) is 12.8. The van der Waals surface area contributed by atoms with Gasteiger partial charge in [-0.1, -0.05) is 40.2 Å². The standard InChI is InChI=1S/C15H17BrN2O2/c1-20-10(9-17)8-15(19)18-14-7-6-13(16)11-4-2-3-5-12(11)14/h2-7,10H,8-9,17H2,1H3,(H,18,19). The molecule has 0 aliphatic rings. The van der Waals surface area contributed by atoms with E-state index < -0.39 is 0 Å². The summed E-state index contributed by atoms with van der Waals surface area (Å²) in [6.45, 7) is 0.324. The van der Waals surface area contributed by atoms with Crippen LogP contribution in [0.25, 0.3) is 10.8 Å². The van der Waals surface area contributed by atoms with Crippen LogP contribution in [0.1, 0.15) is 6.42 Å². The predicted octanol–water partition coefficient (Wildman–Crippen LogP) is 2.90. The number of hydrogen-bond acceptors (Lipinski definition) is 3. The number of carbonyl (C=O) groups excluding carboxylic acids is 1. The van der Waals surface area contributed by atoms with Gasteiger partial charge in [-0.25, -0.2) is 0 Å². The smallest absolute Gasteiger partial charge is 0.227 e. The van der Waals surface area contributed by atoms with Crippen LogP contribution in [0.15, 0.2) is 40.9 Å². The van der Waals surface area contributed by atoms with E-state index in [1.165, 1.54) is 0 Å². The second kappa shape index (κ2) is 6.83. The van der Waals surface area contributed by atoms with Crippen molar-refractivity contribution in [2.45, 2.75) is 12.5 Å². The molecule has 0 aromatic heterocycles. The molecule has 4 nitrogen and oxygen atoms in total. The molecule has 20 heavy (non-hydrogen) atoms. The maximum atomic E-state index is 12.0. The second-order valence-corrected chi connectivity index (χ2v) is 5.34. The molecule has 0 radical (unpaired) electrons. The van der Waals surface area contributed by atoms with E-state index in [9.17, 15) is 4.79 Å². The van der Waals surface area contributed by atoms with Crippen molar-refractivity contribution in [1.82, 2.24) is 0 Å². The third kappa shape index (κ3) is 3.36. The lowest BCUT2D eigenvalue weighted by molar-refractivity contribution is -0.118. The highest BCUT2D eigenvalue weighted by molar-refractivity contribution is 9.10. The first-order valence-corrected chi connectivity index (χ1v) is 7.15. The van der Waals surface area contributed by atoms with E-state index in [1.807, 2.05) is 36.4 Å². The number of anilines is 1. The highest BCUT2D eigenvalue weighted by Gasteiger charge is 2.13. The van der Waals surface area contributed by atoms with Gasteiger partial charge in [0, 0.05) is 29.2 Å². The van der Waals surface area contributed by atoms with Crippen LogP contribution in [-0.4, -0.2) is 25.7 Å². The molecule has 0 heterocycles. The quantitative estimate of drug-likeness (QED) is 0.882. The summed E-state index contributed by atoms with van der Waals surface area (Å²) in [7, 11) is 1.56. The van der Waals surface area contributed by atoms with Gasteiger partial charge in [0.25, 0.3) is 0 Å². The maximum absolute atomic E-state index is 12.0. The van der Waals surface area contributed by atoms with E-state index in [-0.39, 0.29) is 18.4 Å². The Labute approximate surface area is 126 Å². The van der Waals surface area contributed by atoms with Crippen molar-refractivity contribution < 1.29 is 9.53 Å². The summed E-state index contributed by atoms with van der Waals surface area (Å²) in [5.41, 5.74) is 6.32. The number of amides is 1. The molecule has 2 aromatic rings. The number of carbonyl (C=O) groups is 1. The van der Waals surface area contributed by atoms with Gasteiger partial charge in [0.05, 0.1) is 12.5 Å². The van der Waals surface area contributed by atoms with Crippen LogP contribution in [-0.2, 0) is 9.53 Å². The Morgan fingerprint density at radius 1 is 1.30 bits per heavy atom. The average Bonchev–Trinajstić information content (AvgIpc) is 2.48. The molecule has 1 atom stereocenters. The summed E-state index contributed by atoms with van der Waals surface area (Å²) in [5, 5.41) is 4.98. The van der Waals surface area contributed by atoms with Crippen molar-refractivity contribution in [3.8, 4) is 0 Å². The van der Waals surface area contributed by atoms with Crippen LogP contribution in [0, 0.1) is 0 Å². The minimum atomic E-state index is -0.253. The Balaban J connectivity index is 2.22. The van der Waals surface area contributed by atoms with E-state index in [1.54, 1.807) is 7.11 Å². The van der Waals surface area contributed by atoms with Crippen molar-refractivity contribution in [3.05, 3.63) is 40.9 Å². The number of nitrogens with one attached hydrogen (secondary N) is 1. The molecule has 3 N–H and O–H groups in total. The summed E-state index contributed by atoms with van der Waals surface area (Å²) >= 11 is 3.51. The molecule has 0 spiro atoms. The highest BCUT2D eigenvalue weighted by atomic mass is 79.9. The van der Waals surface area contributed by atoms with Gasteiger partial charge in [-0.15, -0.1) is 0 Å². The van der Waals surface area contributed by atoms with Gasteiger partial charge in [0.1, 0.15) is 0 Å². The lowest BCUT2D eigenvalue weighted by Gasteiger charge is -2.14. The Morgan fingerprint density at radius 2 is 2.00 bits per heavy atom. The summed E-state index contributed by atoms with van der Waals surface area (Å²) in [4.78, 5) is 12.0. The minimum absolute atomic E-state index is 0.102. The van der Waals surface area contributed by atoms with Crippen LogP contribution in [0.3, 0.4) is 0 Å². The van der Waals surface area contributed by atoms with Crippen LogP contribution in [0.5, 0.6) is 0 Å².